The first kappa shape index (κ1) is 12.5. The molecule has 92 valence electrons. The van der Waals surface area contributed by atoms with Gasteiger partial charge in [0.2, 0.25) is 0 Å². The molecule has 1 aliphatic heterocycles. The predicted octanol–water partition coefficient (Wildman–Crippen LogP) is 2.34. The van der Waals surface area contributed by atoms with Crippen molar-refractivity contribution in [3.8, 4) is 0 Å². The second-order valence-corrected chi connectivity index (χ2v) is 6.08. The van der Waals surface area contributed by atoms with Gasteiger partial charge in [-0.3, -0.25) is 4.79 Å². The predicted molar refractivity (Wildman–Crippen MR) is 74.5 cm³/mol. The van der Waals surface area contributed by atoms with Gasteiger partial charge >= 0.3 is 0 Å². The van der Waals surface area contributed by atoms with E-state index in [4.69, 9.17) is 18.0 Å². The van der Waals surface area contributed by atoms with Crippen LogP contribution in [-0.4, -0.2) is 28.4 Å². The summed E-state index contributed by atoms with van der Waals surface area (Å²) in [6, 6.07) is 3.79. The van der Waals surface area contributed by atoms with Crippen LogP contribution in [0.3, 0.4) is 0 Å². The molecule has 1 atom stereocenters. The van der Waals surface area contributed by atoms with Crippen LogP contribution in [0.15, 0.2) is 12.1 Å². The number of carbonyl (C=O) groups excluding carboxylic acids is 1. The molecule has 1 unspecified atom stereocenters. The molecule has 1 aliphatic rings. The minimum absolute atomic E-state index is 0.0614. The third-order valence-electron chi connectivity index (χ3n) is 3.04. The van der Waals surface area contributed by atoms with Crippen molar-refractivity contribution in [2.24, 2.45) is 5.73 Å². The summed E-state index contributed by atoms with van der Waals surface area (Å²) in [6.07, 6.45) is 3.02. The molecular formula is C12H16N2OS2. The molecule has 2 N–H and O–H groups in total. The highest BCUT2D eigenvalue weighted by Crippen LogP contribution is 2.23. The summed E-state index contributed by atoms with van der Waals surface area (Å²) in [7, 11) is 0. The van der Waals surface area contributed by atoms with Crippen molar-refractivity contribution in [3.63, 3.8) is 0 Å². The second-order valence-electron chi connectivity index (χ2n) is 4.32. The summed E-state index contributed by atoms with van der Waals surface area (Å²) in [6.45, 7) is 2.76. The minimum atomic E-state index is -0.0614. The van der Waals surface area contributed by atoms with Crippen molar-refractivity contribution < 1.29 is 4.79 Å². The summed E-state index contributed by atoms with van der Waals surface area (Å²) in [5.74, 6) is 0.0700. The van der Waals surface area contributed by atoms with Crippen molar-refractivity contribution in [2.45, 2.75) is 32.2 Å². The van der Waals surface area contributed by atoms with Gasteiger partial charge in [0, 0.05) is 11.4 Å². The number of thiocarbonyl (C=S) groups is 1. The Balaban J connectivity index is 2.19. The number of rotatable bonds is 2. The number of hydrogen-bond donors (Lipinski definition) is 1. The van der Waals surface area contributed by atoms with E-state index < -0.39 is 0 Å². The molecule has 1 saturated heterocycles. The SMILES string of the molecule is Cc1ccc(C(=O)N2CCCCC2C(N)=S)s1. The fourth-order valence-electron chi connectivity index (χ4n) is 2.16. The first-order valence-corrected chi connectivity index (χ1v) is 6.99. The molecule has 0 bridgehead atoms. The van der Waals surface area contributed by atoms with Crippen LogP contribution in [0, 0.1) is 6.92 Å². The summed E-state index contributed by atoms with van der Waals surface area (Å²) in [5, 5.41) is 0. The van der Waals surface area contributed by atoms with Gasteiger partial charge in [0.15, 0.2) is 0 Å². The number of nitrogens with zero attached hydrogens (tertiary/aromatic N) is 1. The van der Waals surface area contributed by atoms with Crippen molar-refractivity contribution in [2.75, 3.05) is 6.54 Å². The number of amides is 1. The summed E-state index contributed by atoms with van der Waals surface area (Å²) in [5.41, 5.74) is 5.72. The van der Waals surface area contributed by atoms with Crippen LogP contribution in [-0.2, 0) is 0 Å². The summed E-state index contributed by atoms with van der Waals surface area (Å²) < 4.78 is 0. The van der Waals surface area contributed by atoms with Crippen LogP contribution >= 0.6 is 23.6 Å². The lowest BCUT2D eigenvalue weighted by atomic mass is 10.0. The molecule has 2 heterocycles. The van der Waals surface area contributed by atoms with Crippen LogP contribution in [0.4, 0.5) is 0 Å². The molecule has 0 spiro atoms. The Labute approximate surface area is 111 Å². The Morgan fingerprint density at radius 2 is 2.29 bits per heavy atom. The topological polar surface area (TPSA) is 46.3 Å². The van der Waals surface area contributed by atoms with Gasteiger partial charge in [-0.2, -0.15) is 0 Å². The Hall–Kier alpha value is -0.940. The van der Waals surface area contributed by atoms with Gasteiger partial charge in [-0.25, -0.2) is 0 Å². The van der Waals surface area contributed by atoms with Crippen molar-refractivity contribution >= 4 is 34.5 Å². The third-order valence-corrected chi connectivity index (χ3v) is 4.30. The van der Waals surface area contributed by atoms with Gasteiger partial charge in [-0.05, 0) is 38.3 Å². The lowest BCUT2D eigenvalue weighted by Crippen LogP contribution is -2.49. The number of carbonyl (C=O) groups is 1. The normalized spacial score (nSPS) is 20.3. The van der Waals surface area contributed by atoms with Crippen molar-refractivity contribution in [3.05, 3.63) is 21.9 Å². The van der Waals surface area contributed by atoms with E-state index in [1.165, 1.54) is 11.3 Å². The number of likely N-dealkylation sites (tertiary alicyclic amines) is 1. The van der Waals surface area contributed by atoms with E-state index in [0.717, 1.165) is 35.6 Å². The molecule has 17 heavy (non-hydrogen) atoms. The lowest BCUT2D eigenvalue weighted by Gasteiger charge is -2.34. The number of piperidine rings is 1. The number of aryl methyl sites for hydroxylation is 1. The molecule has 1 fully saturated rings. The Kier molecular flexibility index (Phi) is 3.79. The van der Waals surface area contributed by atoms with E-state index in [2.05, 4.69) is 0 Å². The maximum absolute atomic E-state index is 12.3. The number of hydrogen-bond acceptors (Lipinski definition) is 3. The van der Waals surface area contributed by atoms with Gasteiger partial charge in [-0.15, -0.1) is 11.3 Å². The largest absolute Gasteiger partial charge is 0.392 e. The van der Waals surface area contributed by atoms with E-state index in [1.54, 1.807) is 0 Å². The zero-order valence-electron chi connectivity index (χ0n) is 9.81. The first-order valence-electron chi connectivity index (χ1n) is 5.76. The highest BCUT2D eigenvalue weighted by molar-refractivity contribution is 7.80. The molecular weight excluding hydrogens is 252 g/mol. The lowest BCUT2D eigenvalue weighted by molar-refractivity contribution is 0.0686. The Bertz CT molecular complexity index is 441. The van der Waals surface area contributed by atoms with E-state index >= 15 is 0 Å². The molecule has 0 aromatic carbocycles. The van der Waals surface area contributed by atoms with Crippen LogP contribution in [0.5, 0.6) is 0 Å². The maximum atomic E-state index is 12.3. The standard InChI is InChI=1S/C12H16N2OS2/c1-8-5-6-10(17-8)12(15)14-7-3-2-4-9(14)11(13)16/h5-6,9H,2-4,7H2,1H3,(H2,13,16). The van der Waals surface area contributed by atoms with E-state index in [1.807, 2.05) is 24.0 Å². The zero-order chi connectivity index (χ0) is 12.4. The molecule has 5 heteroatoms. The minimum Gasteiger partial charge on any atom is -0.392 e. The van der Waals surface area contributed by atoms with Gasteiger partial charge in [0.05, 0.1) is 15.9 Å². The molecule has 0 saturated carbocycles. The van der Waals surface area contributed by atoms with Gasteiger partial charge < -0.3 is 10.6 Å². The maximum Gasteiger partial charge on any atom is 0.264 e. The van der Waals surface area contributed by atoms with Crippen molar-refractivity contribution in [1.29, 1.82) is 0 Å². The Morgan fingerprint density at radius 1 is 1.53 bits per heavy atom. The van der Waals surface area contributed by atoms with Gasteiger partial charge in [-0.1, -0.05) is 12.2 Å². The molecule has 3 nitrogen and oxygen atoms in total. The summed E-state index contributed by atoms with van der Waals surface area (Å²) in [4.78, 5) is 16.5. The zero-order valence-corrected chi connectivity index (χ0v) is 11.4. The molecule has 1 aromatic heterocycles. The molecule has 1 aromatic rings. The van der Waals surface area contributed by atoms with Crippen LogP contribution < -0.4 is 5.73 Å². The smallest absolute Gasteiger partial charge is 0.264 e. The van der Waals surface area contributed by atoms with Crippen molar-refractivity contribution in [1.82, 2.24) is 4.90 Å². The van der Waals surface area contributed by atoms with E-state index in [-0.39, 0.29) is 11.9 Å². The molecule has 1 amide bonds. The average molecular weight is 268 g/mol. The highest BCUT2D eigenvalue weighted by atomic mass is 32.1. The third kappa shape index (κ3) is 2.66. The van der Waals surface area contributed by atoms with E-state index in [0.29, 0.717) is 4.99 Å². The molecule has 0 radical (unpaired) electrons. The highest BCUT2D eigenvalue weighted by Gasteiger charge is 2.29. The fourth-order valence-corrected chi connectivity index (χ4v) is 3.23. The molecule has 0 aliphatic carbocycles. The number of nitrogens with two attached hydrogens (primary N) is 1. The number of thiophene rings is 1. The fraction of sp³-hybridized carbons (Fsp3) is 0.500. The average Bonchev–Trinajstić information content (AvgIpc) is 2.75. The quantitative estimate of drug-likeness (QED) is 0.837. The second kappa shape index (κ2) is 5.14. The monoisotopic (exact) mass is 268 g/mol. The Morgan fingerprint density at radius 3 is 2.88 bits per heavy atom. The van der Waals surface area contributed by atoms with Crippen LogP contribution in [0.1, 0.15) is 33.8 Å². The van der Waals surface area contributed by atoms with Crippen LogP contribution in [0.25, 0.3) is 0 Å². The van der Waals surface area contributed by atoms with Gasteiger partial charge in [0.1, 0.15) is 0 Å². The van der Waals surface area contributed by atoms with Crippen LogP contribution in [0.2, 0.25) is 0 Å². The van der Waals surface area contributed by atoms with Gasteiger partial charge in [0.25, 0.3) is 5.91 Å². The summed E-state index contributed by atoms with van der Waals surface area (Å²) >= 11 is 6.58. The first-order chi connectivity index (χ1) is 8.09. The molecule has 2 rings (SSSR count). The van der Waals surface area contributed by atoms with E-state index in [9.17, 15) is 4.79 Å².